The number of benzene rings is 8. The molecule has 0 fully saturated rings. The highest BCUT2D eigenvalue weighted by Crippen LogP contribution is 2.40. The molecule has 9 rings (SSSR count). The van der Waals surface area contributed by atoms with Crippen molar-refractivity contribution in [3.63, 3.8) is 0 Å². The second kappa shape index (κ2) is 19.9. The van der Waals surface area contributed by atoms with Crippen LogP contribution in [0.15, 0.2) is 240 Å². The Hall–Kier alpha value is -7.86. The molecule has 8 aromatic carbocycles. The summed E-state index contributed by atoms with van der Waals surface area (Å²) < 4.78 is 0. The first-order valence-electron chi connectivity index (χ1n) is 22.2. The standard InChI is InChI=1S/C61H50N4S/c1-42(2)37-53(48-21-13-8-14-22-48)39-45(5)59-62-60(51-24-15-23-50(40-51)47-19-11-7-12-20-47)64-61(63-59)52-25-16-26-57(41-52)66-56-34-32-55(33-35-56)65(58-36-27-43(3)38-44(58)4)54-30-28-49(29-31-54)46-17-9-6-10-18-46/h6-41H,1H2,2-5H3. The van der Waals surface area contributed by atoms with Gasteiger partial charge in [0.25, 0.3) is 0 Å². The first-order valence-corrected chi connectivity index (χ1v) is 23.0. The van der Waals surface area contributed by atoms with Gasteiger partial charge in [0.2, 0.25) is 0 Å². The van der Waals surface area contributed by atoms with E-state index in [4.69, 9.17) is 15.0 Å². The minimum Gasteiger partial charge on any atom is -0.310 e. The van der Waals surface area contributed by atoms with Gasteiger partial charge in [-0.3, -0.25) is 0 Å². The van der Waals surface area contributed by atoms with Gasteiger partial charge in [0.05, 0.1) is 0 Å². The lowest BCUT2D eigenvalue weighted by atomic mass is 10.0. The Balaban J connectivity index is 1.05. The van der Waals surface area contributed by atoms with Crippen LogP contribution in [0.2, 0.25) is 0 Å². The third-order valence-electron chi connectivity index (χ3n) is 11.3. The van der Waals surface area contributed by atoms with E-state index in [1.165, 1.54) is 22.3 Å². The van der Waals surface area contributed by atoms with E-state index in [1.807, 2.05) is 19.1 Å². The molecule has 0 saturated heterocycles. The summed E-state index contributed by atoms with van der Waals surface area (Å²) in [6.07, 6.45) is 4.24. The first-order chi connectivity index (χ1) is 32.2. The summed E-state index contributed by atoms with van der Waals surface area (Å²) in [6, 6.07) is 72.5. The van der Waals surface area contributed by atoms with Crippen LogP contribution in [-0.2, 0) is 0 Å². The largest absolute Gasteiger partial charge is 0.310 e. The van der Waals surface area contributed by atoms with Gasteiger partial charge in [0, 0.05) is 38.0 Å². The highest BCUT2D eigenvalue weighted by molar-refractivity contribution is 7.99. The molecule has 0 aliphatic heterocycles. The Bertz CT molecular complexity index is 3190. The maximum Gasteiger partial charge on any atom is 0.164 e. The molecule has 5 heteroatoms. The van der Waals surface area contributed by atoms with E-state index in [0.29, 0.717) is 17.5 Å². The minimum absolute atomic E-state index is 0.609. The predicted molar refractivity (Wildman–Crippen MR) is 279 cm³/mol. The van der Waals surface area contributed by atoms with Crippen LogP contribution in [0.5, 0.6) is 0 Å². The van der Waals surface area contributed by atoms with Crippen molar-refractivity contribution in [2.75, 3.05) is 4.90 Å². The van der Waals surface area contributed by atoms with Gasteiger partial charge in [-0.25, -0.2) is 15.0 Å². The number of aryl methyl sites for hydroxylation is 2. The maximum atomic E-state index is 5.16. The van der Waals surface area contributed by atoms with Crippen LogP contribution in [0.4, 0.5) is 17.1 Å². The van der Waals surface area contributed by atoms with Crippen LogP contribution in [-0.4, -0.2) is 15.0 Å². The molecule has 1 aromatic heterocycles. The Labute approximate surface area is 393 Å². The molecule has 0 radical (unpaired) electrons. The van der Waals surface area contributed by atoms with Crippen LogP contribution in [0.1, 0.15) is 36.4 Å². The van der Waals surface area contributed by atoms with E-state index in [-0.39, 0.29) is 0 Å². The third-order valence-corrected chi connectivity index (χ3v) is 12.3. The van der Waals surface area contributed by atoms with E-state index in [2.05, 4.69) is 239 Å². The van der Waals surface area contributed by atoms with Crippen LogP contribution in [0.25, 0.3) is 56.2 Å². The highest BCUT2D eigenvalue weighted by atomic mass is 32.2. The summed E-state index contributed by atoms with van der Waals surface area (Å²) in [5.74, 6) is 1.83. The lowest BCUT2D eigenvalue weighted by molar-refractivity contribution is 1.03. The Morgan fingerprint density at radius 3 is 1.62 bits per heavy atom. The molecule has 0 aliphatic carbocycles. The van der Waals surface area contributed by atoms with E-state index in [9.17, 15) is 0 Å². The van der Waals surface area contributed by atoms with E-state index in [1.54, 1.807) is 11.8 Å². The van der Waals surface area contributed by atoms with E-state index < -0.39 is 0 Å². The second-order valence-corrected chi connectivity index (χ2v) is 17.7. The molecule has 0 bridgehead atoms. The third kappa shape index (κ3) is 10.2. The number of rotatable bonds is 13. The van der Waals surface area contributed by atoms with Crippen molar-refractivity contribution in [1.29, 1.82) is 0 Å². The number of allylic oxidation sites excluding steroid dienone is 5. The highest BCUT2D eigenvalue weighted by Gasteiger charge is 2.17. The number of hydrogen-bond donors (Lipinski definition) is 0. The van der Waals surface area contributed by atoms with Gasteiger partial charge in [-0.05, 0) is 139 Å². The molecule has 0 unspecified atom stereocenters. The van der Waals surface area contributed by atoms with Gasteiger partial charge < -0.3 is 4.90 Å². The number of anilines is 3. The van der Waals surface area contributed by atoms with Crippen molar-refractivity contribution in [2.45, 2.75) is 37.5 Å². The average molecular weight is 871 g/mol. The Morgan fingerprint density at radius 2 is 1.00 bits per heavy atom. The Kier molecular flexibility index (Phi) is 13.1. The summed E-state index contributed by atoms with van der Waals surface area (Å²) in [6.45, 7) is 12.6. The molecule has 320 valence electrons. The molecule has 0 spiro atoms. The molecular formula is C61H50N4S. The number of aromatic nitrogens is 3. The summed E-state index contributed by atoms with van der Waals surface area (Å²) >= 11 is 1.72. The van der Waals surface area contributed by atoms with Crippen molar-refractivity contribution in [2.24, 2.45) is 0 Å². The molecule has 0 aliphatic rings. The van der Waals surface area contributed by atoms with Gasteiger partial charge in [0.15, 0.2) is 17.5 Å². The quantitative estimate of drug-likeness (QED) is 0.108. The lowest BCUT2D eigenvalue weighted by Crippen LogP contribution is -2.11. The molecular weight excluding hydrogens is 821 g/mol. The minimum atomic E-state index is 0.609. The topological polar surface area (TPSA) is 41.9 Å². The zero-order valence-electron chi connectivity index (χ0n) is 37.7. The van der Waals surface area contributed by atoms with Gasteiger partial charge in [-0.2, -0.15) is 0 Å². The predicted octanol–water partition coefficient (Wildman–Crippen LogP) is 16.8. The van der Waals surface area contributed by atoms with Crippen LogP contribution in [0, 0.1) is 13.8 Å². The lowest BCUT2D eigenvalue weighted by Gasteiger charge is -2.27. The van der Waals surface area contributed by atoms with Crippen LogP contribution >= 0.6 is 11.8 Å². The SMILES string of the molecule is C=C(C)C=C(C=C(C)c1nc(-c2cccc(Sc3ccc(N(c4ccc(-c5ccccc5)cc4)c4ccc(C)cc4C)cc3)c2)nc(-c2cccc(-c3ccccc3)c2)n1)c1ccccc1. The number of nitrogens with zero attached hydrogens (tertiary/aromatic N) is 4. The molecule has 66 heavy (non-hydrogen) atoms. The van der Waals surface area contributed by atoms with E-state index in [0.717, 1.165) is 71.4 Å². The van der Waals surface area contributed by atoms with Crippen molar-refractivity contribution in [3.05, 3.63) is 253 Å². The summed E-state index contributed by atoms with van der Waals surface area (Å²) in [5.41, 5.74) is 16.3. The molecule has 0 atom stereocenters. The maximum absolute atomic E-state index is 5.16. The molecule has 0 N–H and O–H groups in total. The summed E-state index contributed by atoms with van der Waals surface area (Å²) in [7, 11) is 0. The fourth-order valence-corrected chi connectivity index (χ4v) is 8.97. The average Bonchev–Trinajstić information content (AvgIpc) is 3.36. The Morgan fingerprint density at radius 1 is 0.470 bits per heavy atom. The zero-order valence-corrected chi connectivity index (χ0v) is 38.5. The van der Waals surface area contributed by atoms with Crippen molar-refractivity contribution >= 4 is 40.0 Å². The molecule has 1 heterocycles. The monoisotopic (exact) mass is 870 g/mol. The zero-order chi connectivity index (χ0) is 45.4. The second-order valence-electron chi connectivity index (χ2n) is 16.6. The first kappa shape index (κ1) is 43.4. The molecule has 9 aromatic rings. The summed E-state index contributed by atoms with van der Waals surface area (Å²) in [4.78, 5) is 20.0. The fourth-order valence-electron chi connectivity index (χ4n) is 8.10. The van der Waals surface area contributed by atoms with E-state index >= 15 is 0 Å². The smallest absolute Gasteiger partial charge is 0.164 e. The van der Waals surface area contributed by atoms with Gasteiger partial charge in [-0.1, -0.05) is 181 Å². The normalized spacial score (nSPS) is 11.6. The van der Waals surface area contributed by atoms with Gasteiger partial charge in [-0.15, -0.1) is 0 Å². The molecule has 0 saturated carbocycles. The number of hydrogen-bond acceptors (Lipinski definition) is 5. The van der Waals surface area contributed by atoms with Crippen molar-refractivity contribution in [1.82, 2.24) is 15.0 Å². The fraction of sp³-hybridized carbons (Fsp3) is 0.0656. The molecule has 0 amide bonds. The van der Waals surface area contributed by atoms with Gasteiger partial charge >= 0.3 is 0 Å². The van der Waals surface area contributed by atoms with Crippen molar-refractivity contribution in [3.8, 4) is 45.0 Å². The molecule has 4 nitrogen and oxygen atoms in total. The summed E-state index contributed by atoms with van der Waals surface area (Å²) in [5, 5.41) is 0. The van der Waals surface area contributed by atoms with Crippen LogP contribution < -0.4 is 4.90 Å². The van der Waals surface area contributed by atoms with Gasteiger partial charge in [0.1, 0.15) is 0 Å². The van der Waals surface area contributed by atoms with Crippen molar-refractivity contribution < 1.29 is 0 Å². The van der Waals surface area contributed by atoms with Crippen LogP contribution in [0.3, 0.4) is 0 Å².